The highest BCUT2D eigenvalue weighted by molar-refractivity contribution is 5.95. The maximum atomic E-state index is 12.7. The lowest BCUT2D eigenvalue weighted by Gasteiger charge is -2.07. The van der Waals surface area contributed by atoms with Crippen LogP contribution in [-0.2, 0) is 29.1 Å². The Morgan fingerprint density at radius 1 is 0.875 bits per heavy atom. The molecule has 0 bridgehead atoms. The topological polar surface area (TPSA) is 171 Å². The van der Waals surface area contributed by atoms with Crippen LogP contribution >= 0.6 is 0 Å². The third-order valence-electron chi connectivity index (χ3n) is 5.78. The van der Waals surface area contributed by atoms with Gasteiger partial charge in [0.05, 0.1) is 6.42 Å². The lowest BCUT2D eigenvalue weighted by Crippen LogP contribution is -2.24. The number of nitrogens with two attached hydrogens (primary N) is 2. The average Bonchev–Trinajstić information content (AvgIpc) is 3.24. The van der Waals surface area contributed by atoms with Gasteiger partial charge in [-0.1, -0.05) is 54.6 Å². The predicted molar refractivity (Wildman–Crippen MR) is 145 cm³/mol. The Bertz CT molecular complexity index is 1560. The molecule has 0 aliphatic rings. The normalized spacial score (nSPS) is 10.9. The number of aliphatic carboxylic acids is 1. The number of benzene rings is 3. The first kappa shape index (κ1) is 29.4. The molecule has 8 N–H and O–H groups in total. The van der Waals surface area contributed by atoms with Gasteiger partial charge in [-0.05, 0) is 34.9 Å². The first-order valence-corrected chi connectivity index (χ1v) is 11.9. The van der Waals surface area contributed by atoms with Gasteiger partial charge in [0.1, 0.15) is 11.7 Å². The fourth-order valence-corrected chi connectivity index (χ4v) is 3.91. The fraction of sp³-hybridized carbons (Fsp3) is 0.143. The zero-order valence-corrected chi connectivity index (χ0v) is 21.1. The van der Waals surface area contributed by atoms with Crippen molar-refractivity contribution in [3.8, 4) is 0 Å². The summed E-state index contributed by atoms with van der Waals surface area (Å²) in [6, 6.07) is 23.0. The molecule has 0 spiro atoms. The number of nitrogen functional groups attached to an aromatic ring is 2. The van der Waals surface area contributed by atoms with E-state index in [4.69, 9.17) is 32.2 Å². The largest absolute Gasteiger partial charge is 0.490 e. The maximum Gasteiger partial charge on any atom is 0.490 e. The molecule has 9 nitrogen and oxygen atoms in total. The third kappa shape index (κ3) is 7.93. The van der Waals surface area contributed by atoms with Crippen LogP contribution in [0.2, 0.25) is 0 Å². The Balaban J connectivity index is 0.000000559. The van der Waals surface area contributed by atoms with Gasteiger partial charge in [-0.3, -0.25) is 15.6 Å². The van der Waals surface area contributed by atoms with E-state index >= 15 is 0 Å². The zero-order valence-electron chi connectivity index (χ0n) is 21.1. The molecule has 0 atom stereocenters. The van der Waals surface area contributed by atoms with E-state index in [1.807, 2.05) is 72.9 Å². The molecule has 0 saturated heterocycles. The van der Waals surface area contributed by atoms with Crippen molar-refractivity contribution in [2.45, 2.75) is 25.7 Å². The number of nitrogens with zero attached hydrogens (tertiary/aromatic N) is 1. The molecule has 4 aromatic rings. The lowest BCUT2D eigenvalue weighted by atomic mass is 10.1. The van der Waals surface area contributed by atoms with E-state index in [2.05, 4.69) is 9.88 Å². The van der Waals surface area contributed by atoms with Crippen LogP contribution in [0.3, 0.4) is 0 Å². The van der Waals surface area contributed by atoms with Gasteiger partial charge in [0.15, 0.2) is 0 Å². The number of halogens is 3. The van der Waals surface area contributed by atoms with Gasteiger partial charge in [-0.2, -0.15) is 13.2 Å². The van der Waals surface area contributed by atoms with Crippen molar-refractivity contribution < 1.29 is 27.9 Å². The third-order valence-corrected chi connectivity index (χ3v) is 5.78. The fourth-order valence-electron chi connectivity index (χ4n) is 3.91. The van der Waals surface area contributed by atoms with E-state index in [1.54, 1.807) is 6.07 Å². The summed E-state index contributed by atoms with van der Waals surface area (Å²) in [5, 5.41) is 26.4. The van der Waals surface area contributed by atoms with Crippen LogP contribution in [-0.4, -0.2) is 39.4 Å². The van der Waals surface area contributed by atoms with E-state index in [9.17, 15) is 18.0 Å². The molecule has 0 aliphatic heterocycles. The van der Waals surface area contributed by atoms with E-state index in [0.29, 0.717) is 24.2 Å². The highest BCUT2D eigenvalue weighted by Gasteiger charge is 2.38. The van der Waals surface area contributed by atoms with Crippen LogP contribution < -0.4 is 16.8 Å². The highest BCUT2D eigenvalue weighted by atomic mass is 19.4. The standard InChI is InChI=1S/C26H26N6O.C2HF3O2/c27-25(28)19-7-3-5-17(11-19)14-31-24(33)13-21-16-32(23-10-2-1-9-22(21)23)15-18-6-4-8-20(12-18)26(29)30;3-2(4,5)1(6)7/h1-12,16H,13-15H2,(H3,27,28)(H3,29,30)(H,31,33);(H,6,7). The monoisotopic (exact) mass is 552 g/mol. The summed E-state index contributed by atoms with van der Waals surface area (Å²) in [4.78, 5) is 21.6. The molecule has 208 valence electrons. The van der Waals surface area contributed by atoms with Gasteiger partial charge >= 0.3 is 12.1 Å². The molecular formula is C28H27F3N6O3. The molecule has 1 heterocycles. The number of hydrogen-bond donors (Lipinski definition) is 6. The average molecular weight is 553 g/mol. The molecule has 1 aromatic heterocycles. The lowest BCUT2D eigenvalue weighted by molar-refractivity contribution is -0.192. The van der Waals surface area contributed by atoms with Crippen molar-refractivity contribution in [3.63, 3.8) is 0 Å². The maximum absolute atomic E-state index is 12.7. The van der Waals surface area contributed by atoms with Crippen LogP contribution in [0.5, 0.6) is 0 Å². The zero-order chi connectivity index (χ0) is 29.4. The molecule has 12 heteroatoms. The van der Waals surface area contributed by atoms with E-state index in [-0.39, 0.29) is 24.0 Å². The molecule has 4 rings (SSSR count). The van der Waals surface area contributed by atoms with Gasteiger partial charge < -0.3 is 26.5 Å². The van der Waals surface area contributed by atoms with Gasteiger partial charge in [0.2, 0.25) is 5.91 Å². The van der Waals surface area contributed by atoms with Gasteiger partial charge in [0, 0.05) is 41.3 Å². The first-order valence-electron chi connectivity index (χ1n) is 11.9. The SMILES string of the molecule is N=C(N)c1cccc(CNC(=O)Cc2cn(Cc3cccc(C(=N)N)c3)c3ccccc23)c1.O=C(O)C(F)(F)F. The van der Waals surface area contributed by atoms with Gasteiger partial charge in [0.25, 0.3) is 0 Å². The number of alkyl halides is 3. The number of amidine groups is 2. The molecular weight excluding hydrogens is 525 g/mol. The Morgan fingerprint density at radius 2 is 1.43 bits per heavy atom. The number of amides is 1. The minimum absolute atomic E-state index is 0.00447. The number of carboxylic acid groups (broad SMARTS) is 1. The first-order chi connectivity index (χ1) is 18.8. The summed E-state index contributed by atoms with van der Waals surface area (Å²) < 4.78 is 33.9. The Labute approximate surface area is 227 Å². The smallest absolute Gasteiger partial charge is 0.475 e. The summed E-state index contributed by atoms with van der Waals surface area (Å²) in [5.74, 6) is -2.79. The van der Waals surface area contributed by atoms with Crippen molar-refractivity contribution in [2.75, 3.05) is 0 Å². The molecule has 0 radical (unpaired) electrons. The summed E-state index contributed by atoms with van der Waals surface area (Å²) in [5.41, 5.74) is 16.4. The van der Waals surface area contributed by atoms with Crippen molar-refractivity contribution >= 4 is 34.5 Å². The Hall–Kier alpha value is -5.13. The Kier molecular flexibility index (Phi) is 9.28. The van der Waals surface area contributed by atoms with Crippen LogP contribution in [0.1, 0.15) is 27.8 Å². The number of nitrogens with one attached hydrogen (secondary N) is 3. The minimum Gasteiger partial charge on any atom is -0.475 e. The molecule has 0 saturated carbocycles. The predicted octanol–water partition coefficient (Wildman–Crippen LogP) is 3.75. The number of para-hydroxylation sites is 1. The van der Waals surface area contributed by atoms with E-state index in [1.165, 1.54) is 0 Å². The Morgan fingerprint density at radius 3 is 2.00 bits per heavy atom. The van der Waals surface area contributed by atoms with Crippen LogP contribution in [0.25, 0.3) is 10.9 Å². The summed E-state index contributed by atoms with van der Waals surface area (Å²) in [7, 11) is 0. The molecule has 3 aromatic carbocycles. The second kappa shape index (κ2) is 12.6. The molecule has 0 unspecified atom stereocenters. The van der Waals surface area contributed by atoms with E-state index < -0.39 is 12.1 Å². The number of rotatable bonds is 8. The second-order valence-corrected chi connectivity index (χ2v) is 8.78. The van der Waals surface area contributed by atoms with Crippen molar-refractivity contribution in [2.24, 2.45) is 11.5 Å². The quantitative estimate of drug-likeness (QED) is 0.144. The number of carboxylic acids is 1. The second-order valence-electron chi connectivity index (χ2n) is 8.78. The summed E-state index contributed by atoms with van der Waals surface area (Å²) in [6.45, 7) is 0.984. The van der Waals surface area contributed by atoms with Crippen molar-refractivity contribution in [1.29, 1.82) is 10.8 Å². The summed E-state index contributed by atoms with van der Waals surface area (Å²) in [6.07, 6.45) is -2.81. The number of fused-ring (bicyclic) bond motifs is 1. The number of aromatic nitrogens is 1. The molecule has 1 amide bonds. The van der Waals surface area contributed by atoms with Crippen molar-refractivity contribution in [3.05, 3.63) is 107 Å². The van der Waals surface area contributed by atoms with Crippen LogP contribution in [0, 0.1) is 10.8 Å². The van der Waals surface area contributed by atoms with Gasteiger partial charge in [-0.15, -0.1) is 0 Å². The number of carbonyl (C=O) groups is 2. The number of hydrogen-bond acceptors (Lipinski definition) is 4. The molecule has 0 aliphatic carbocycles. The highest BCUT2D eigenvalue weighted by Crippen LogP contribution is 2.23. The summed E-state index contributed by atoms with van der Waals surface area (Å²) >= 11 is 0. The van der Waals surface area contributed by atoms with E-state index in [0.717, 1.165) is 27.6 Å². The molecule has 40 heavy (non-hydrogen) atoms. The molecule has 0 fully saturated rings. The van der Waals surface area contributed by atoms with Crippen molar-refractivity contribution in [1.82, 2.24) is 9.88 Å². The van der Waals surface area contributed by atoms with Gasteiger partial charge in [-0.25, -0.2) is 4.79 Å². The minimum atomic E-state index is -5.08. The van der Waals surface area contributed by atoms with Crippen LogP contribution in [0.15, 0.2) is 79.0 Å². The number of carbonyl (C=O) groups excluding carboxylic acids is 1. The van der Waals surface area contributed by atoms with Crippen LogP contribution in [0.4, 0.5) is 13.2 Å².